The zero-order chi connectivity index (χ0) is 21.0. The molecule has 6 nitrogen and oxygen atoms in total. The minimum Gasteiger partial charge on any atom is -0.493 e. The van der Waals surface area contributed by atoms with Crippen LogP contribution in [0.4, 0.5) is 4.39 Å². The third kappa shape index (κ3) is 2.65. The van der Waals surface area contributed by atoms with Crippen LogP contribution in [0, 0.1) is 0 Å². The van der Waals surface area contributed by atoms with Gasteiger partial charge < -0.3 is 23.7 Å². The molecule has 0 aliphatic carbocycles. The monoisotopic (exact) mass is 412 g/mol. The topological polar surface area (TPSA) is 63.2 Å². The SMILES string of the molecule is COc1cc2c(cc1OC)[C@@H]1C(=O)c3ccc4c(c3O[C@@H]1CO2)C=CC(C)(CF)O4. The quantitative estimate of drug-likeness (QED) is 0.761. The molecule has 2 aromatic carbocycles. The number of fused-ring (bicyclic) bond motifs is 6. The van der Waals surface area contributed by atoms with Crippen molar-refractivity contribution >= 4 is 11.9 Å². The highest BCUT2D eigenvalue weighted by Crippen LogP contribution is 2.49. The van der Waals surface area contributed by atoms with E-state index < -0.39 is 24.3 Å². The molecule has 0 spiro atoms. The summed E-state index contributed by atoms with van der Waals surface area (Å²) in [5.74, 6) is 1.98. The van der Waals surface area contributed by atoms with Crippen LogP contribution in [0.3, 0.4) is 0 Å². The average Bonchev–Trinajstić information content (AvgIpc) is 2.77. The first kappa shape index (κ1) is 18.8. The molecule has 3 atom stereocenters. The highest BCUT2D eigenvalue weighted by molar-refractivity contribution is 6.06. The van der Waals surface area contributed by atoms with Crippen molar-refractivity contribution in [1.29, 1.82) is 0 Å². The van der Waals surface area contributed by atoms with Gasteiger partial charge in [-0.2, -0.15) is 0 Å². The predicted molar refractivity (Wildman–Crippen MR) is 107 cm³/mol. The molecule has 1 unspecified atom stereocenters. The van der Waals surface area contributed by atoms with E-state index in [1.54, 1.807) is 57.6 Å². The van der Waals surface area contributed by atoms with Crippen molar-refractivity contribution in [2.24, 2.45) is 0 Å². The largest absolute Gasteiger partial charge is 0.493 e. The molecule has 3 aliphatic rings. The molecule has 5 rings (SSSR count). The molecule has 0 saturated heterocycles. The van der Waals surface area contributed by atoms with E-state index in [9.17, 15) is 9.18 Å². The second-order valence-electron chi connectivity index (χ2n) is 7.79. The lowest BCUT2D eigenvalue weighted by atomic mass is 9.81. The smallest absolute Gasteiger partial charge is 0.178 e. The van der Waals surface area contributed by atoms with Crippen LogP contribution in [0.1, 0.15) is 34.3 Å². The van der Waals surface area contributed by atoms with Gasteiger partial charge in [-0.3, -0.25) is 4.79 Å². The Morgan fingerprint density at radius 1 is 1.17 bits per heavy atom. The van der Waals surface area contributed by atoms with Gasteiger partial charge in [0.15, 0.2) is 22.9 Å². The Hall–Kier alpha value is -3.22. The number of benzene rings is 2. The Balaban J connectivity index is 1.59. The van der Waals surface area contributed by atoms with Gasteiger partial charge in [0.25, 0.3) is 0 Å². The Kier molecular flexibility index (Phi) is 4.17. The van der Waals surface area contributed by atoms with E-state index in [2.05, 4.69) is 0 Å². The fourth-order valence-electron chi connectivity index (χ4n) is 4.21. The summed E-state index contributed by atoms with van der Waals surface area (Å²) in [5.41, 5.74) is 0.789. The van der Waals surface area contributed by atoms with Crippen molar-refractivity contribution in [1.82, 2.24) is 0 Å². The van der Waals surface area contributed by atoms with Gasteiger partial charge in [0.1, 0.15) is 36.6 Å². The minimum absolute atomic E-state index is 0.0620. The number of ketones is 1. The molecular formula is C23H21FO6. The van der Waals surface area contributed by atoms with Crippen LogP contribution in [-0.4, -0.2) is 45.0 Å². The maximum Gasteiger partial charge on any atom is 0.178 e. The summed E-state index contributed by atoms with van der Waals surface area (Å²) in [5, 5.41) is 0. The van der Waals surface area contributed by atoms with E-state index in [4.69, 9.17) is 23.7 Å². The first-order chi connectivity index (χ1) is 14.5. The summed E-state index contributed by atoms with van der Waals surface area (Å²) in [6.45, 7) is 1.23. The Bertz CT molecular complexity index is 1080. The lowest BCUT2D eigenvalue weighted by Crippen LogP contribution is -2.43. The maximum absolute atomic E-state index is 13.5. The van der Waals surface area contributed by atoms with E-state index in [1.165, 1.54) is 0 Å². The van der Waals surface area contributed by atoms with Crippen molar-refractivity contribution in [3.05, 3.63) is 47.0 Å². The summed E-state index contributed by atoms with van der Waals surface area (Å²) < 4.78 is 42.0. The molecule has 0 amide bonds. The van der Waals surface area contributed by atoms with Crippen LogP contribution in [0.5, 0.6) is 28.7 Å². The summed E-state index contributed by atoms with van der Waals surface area (Å²) in [7, 11) is 3.09. The van der Waals surface area contributed by atoms with Crippen molar-refractivity contribution in [3.8, 4) is 28.7 Å². The van der Waals surface area contributed by atoms with Gasteiger partial charge >= 0.3 is 0 Å². The van der Waals surface area contributed by atoms with E-state index in [0.717, 1.165) is 0 Å². The minimum atomic E-state index is -1.02. The van der Waals surface area contributed by atoms with Crippen LogP contribution >= 0.6 is 0 Å². The van der Waals surface area contributed by atoms with E-state index in [-0.39, 0.29) is 12.4 Å². The number of Topliss-reactive ketones (excluding diaryl/α,β-unsaturated/α-hetero) is 1. The number of rotatable bonds is 3. The van der Waals surface area contributed by atoms with Gasteiger partial charge in [-0.1, -0.05) is 0 Å². The molecule has 7 heteroatoms. The number of hydrogen-bond acceptors (Lipinski definition) is 6. The molecule has 0 saturated carbocycles. The highest BCUT2D eigenvalue weighted by atomic mass is 19.1. The zero-order valence-electron chi connectivity index (χ0n) is 16.9. The molecule has 30 heavy (non-hydrogen) atoms. The number of alkyl halides is 1. The summed E-state index contributed by atoms with van der Waals surface area (Å²) in [4.78, 5) is 13.5. The van der Waals surface area contributed by atoms with E-state index in [1.807, 2.05) is 0 Å². The van der Waals surface area contributed by atoms with Gasteiger partial charge in [-0.25, -0.2) is 4.39 Å². The molecule has 156 valence electrons. The molecule has 3 heterocycles. The summed E-state index contributed by atoms with van der Waals surface area (Å²) in [6, 6.07) is 6.88. The van der Waals surface area contributed by atoms with Gasteiger partial charge in [0.05, 0.1) is 31.3 Å². The number of carbonyl (C=O) groups is 1. The second-order valence-corrected chi connectivity index (χ2v) is 7.79. The Labute approximate surface area is 173 Å². The fraction of sp³-hybridized carbons (Fsp3) is 0.348. The lowest BCUT2D eigenvalue weighted by molar-refractivity contribution is 0.0548. The Morgan fingerprint density at radius 2 is 1.93 bits per heavy atom. The van der Waals surface area contributed by atoms with Gasteiger partial charge in [-0.15, -0.1) is 0 Å². The molecule has 0 fully saturated rings. The average molecular weight is 412 g/mol. The predicted octanol–water partition coefficient (Wildman–Crippen LogP) is 3.96. The summed E-state index contributed by atoms with van der Waals surface area (Å²) >= 11 is 0. The van der Waals surface area contributed by atoms with Crippen LogP contribution in [0.25, 0.3) is 6.08 Å². The lowest BCUT2D eigenvalue weighted by Gasteiger charge is -2.39. The normalized spacial score (nSPS) is 25.5. The van der Waals surface area contributed by atoms with Gasteiger partial charge in [0.2, 0.25) is 0 Å². The van der Waals surface area contributed by atoms with Crippen LogP contribution in [-0.2, 0) is 0 Å². The van der Waals surface area contributed by atoms with Crippen molar-refractivity contribution in [2.45, 2.75) is 24.5 Å². The Morgan fingerprint density at radius 3 is 2.67 bits per heavy atom. The standard InChI is InChI=1S/C23H21FO6/c1-23(11-24)7-6-12-15(30-23)5-4-13-21(25)20-14-8-17(26-2)18(27-3)9-16(14)28-10-19(20)29-22(12)13/h4-9,19-20H,10-11H2,1-3H3/t19-,20+,23?/m1/s1. The zero-order valence-corrected chi connectivity index (χ0v) is 16.9. The van der Waals surface area contributed by atoms with Crippen molar-refractivity contribution in [3.63, 3.8) is 0 Å². The van der Waals surface area contributed by atoms with E-state index >= 15 is 0 Å². The number of methoxy groups -OCH3 is 2. The molecule has 3 aliphatic heterocycles. The van der Waals surface area contributed by atoms with Crippen LogP contribution < -0.4 is 23.7 Å². The van der Waals surface area contributed by atoms with Gasteiger partial charge in [0, 0.05) is 11.6 Å². The number of hydrogen-bond donors (Lipinski definition) is 0. The number of carbonyl (C=O) groups excluding carboxylic acids is 1. The molecule has 0 N–H and O–H groups in total. The van der Waals surface area contributed by atoms with Gasteiger partial charge in [-0.05, 0) is 37.3 Å². The molecular weight excluding hydrogens is 391 g/mol. The first-order valence-corrected chi connectivity index (χ1v) is 9.69. The third-order valence-electron chi connectivity index (χ3n) is 5.81. The molecule has 2 aromatic rings. The second kappa shape index (κ2) is 6.65. The van der Waals surface area contributed by atoms with Crippen molar-refractivity contribution in [2.75, 3.05) is 27.5 Å². The highest BCUT2D eigenvalue weighted by Gasteiger charge is 2.45. The van der Waals surface area contributed by atoms with Crippen LogP contribution in [0.15, 0.2) is 30.3 Å². The first-order valence-electron chi connectivity index (χ1n) is 9.69. The fourth-order valence-corrected chi connectivity index (χ4v) is 4.21. The van der Waals surface area contributed by atoms with Crippen molar-refractivity contribution < 1.29 is 32.9 Å². The van der Waals surface area contributed by atoms with E-state index in [0.29, 0.717) is 45.4 Å². The number of halogens is 1. The summed E-state index contributed by atoms with van der Waals surface area (Å²) in [6.07, 6.45) is 2.92. The molecule has 0 aromatic heterocycles. The third-order valence-corrected chi connectivity index (χ3v) is 5.81. The molecule has 0 radical (unpaired) electrons. The maximum atomic E-state index is 13.5. The number of ether oxygens (including phenoxy) is 5. The molecule has 0 bridgehead atoms. The van der Waals surface area contributed by atoms with Crippen LogP contribution in [0.2, 0.25) is 0 Å².